The number of nitrogens with zero attached hydrogens (tertiary/aromatic N) is 3. The SMILES string of the molecule is CCC(C(N)=NO)N(C)CC1(N(C)C)CCC1. The predicted octanol–water partition coefficient (Wildman–Crippen LogP) is 0.928. The average Bonchev–Trinajstić information content (AvgIpc) is 2.23. The van der Waals surface area contributed by atoms with Crippen molar-refractivity contribution in [1.82, 2.24) is 9.80 Å². The Hall–Kier alpha value is -0.810. The zero-order chi connectivity index (χ0) is 13.1. The molecule has 0 aromatic heterocycles. The summed E-state index contributed by atoms with van der Waals surface area (Å²) in [6.45, 7) is 3.02. The number of amidine groups is 1. The molecule has 0 aromatic rings. The normalized spacial score (nSPS) is 21.6. The highest BCUT2D eigenvalue weighted by atomic mass is 16.4. The van der Waals surface area contributed by atoms with Crippen molar-refractivity contribution in [2.75, 3.05) is 27.7 Å². The van der Waals surface area contributed by atoms with E-state index in [4.69, 9.17) is 10.9 Å². The number of nitrogens with two attached hydrogens (primary N) is 1. The van der Waals surface area contributed by atoms with Crippen LogP contribution < -0.4 is 5.73 Å². The van der Waals surface area contributed by atoms with Gasteiger partial charge in [0.2, 0.25) is 0 Å². The van der Waals surface area contributed by atoms with Gasteiger partial charge in [0.05, 0.1) is 6.04 Å². The molecule has 1 aliphatic carbocycles. The number of likely N-dealkylation sites (N-methyl/N-ethyl adjacent to an activating group) is 2. The Morgan fingerprint density at radius 2 is 2.00 bits per heavy atom. The van der Waals surface area contributed by atoms with Crippen LogP contribution in [0, 0.1) is 0 Å². The van der Waals surface area contributed by atoms with Crippen LogP contribution in [0.25, 0.3) is 0 Å². The zero-order valence-electron chi connectivity index (χ0n) is 11.5. The molecule has 0 aliphatic heterocycles. The van der Waals surface area contributed by atoms with Crippen molar-refractivity contribution < 1.29 is 5.21 Å². The van der Waals surface area contributed by atoms with E-state index in [9.17, 15) is 0 Å². The first-order valence-electron chi connectivity index (χ1n) is 6.32. The zero-order valence-corrected chi connectivity index (χ0v) is 11.5. The van der Waals surface area contributed by atoms with Gasteiger partial charge in [-0.15, -0.1) is 0 Å². The van der Waals surface area contributed by atoms with E-state index >= 15 is 0 Å². The van der Waals surface area contributed by atoms with E-state index < -0.39 is 0 Å². The smallest absolute Gasteiger partial charge is 0.156 e. The molecule has 0 saturated heterocycles. The first kappa shape index (κ1) is 14.3. The lowest BCUT2D eigenvalue weighted by molar-refractivity contribution is 0.0224. The minimum Gasteiger partial charge on any atom is -0.409 e. The minimum absolute atomic E-state index is 0.0254. The molecule has 17 heavy (non-hydrogen) atoms. The molecule has 1 atom stereocenters. The second-order valence-electron chi connectivity index (χ2n) is 5.34. The van der Waals surface area contributed by atoms with E-state index in [1.165, 1.54) is 19.3 Å². The van der Waals surface area contributed by atoms with Gasteiger partial charge in [-0.2, -0.15) is 0 Å². The van der Waals surface area contributed by atoms with Crippen LogP contribution in [0.15, 0.2) is 5.16 Å². The fraction of sp³-hybridized carbons (Fsp3) is 0.917. The van der Waals surface area contributed by atoms with Crippen LogP contribution in [0.4, 0.5) is 0 Å². The maximum Gasteiger partial charge on any atom is 0.156 e. The van der Waals surface area contributed by atoms with E-state index in [1.54, 1.807) is 0 Å². The highest BCUT2D eigenvalue weighted by Crippen LogP contribution is 2.37. The molecule has 1 fully saturated rings. The molecule has 0 amide bonds. The second-order valence-corrected chi connectivity index (χ2v) is 5.34. The largest absolute Gasteiger partial charge is 0.409 e. The maximum absolute atomic E-state index is 8.79. The standard InChI is InChI=1S/C12H26N4O/c1-5-10(11(13)14-17)16(4)9-12(15(2)3)7-6-8-12/h10,17H,5-9H2,1-4H3,(H2,13,14). The number of hydrogen-bond acceptors (Lipinski definition) is 4. The summed E-state index contributed by atoms with van der Waals surface area (Å²) >= 11 is 0. The fourth-order valence-corrected chi connectivity index (χ4v) is 2.72. The highest BCUT2D eigenvalue weighted by molar-refractivity contribution is 5.85. The van der Waals surface area contributed by atoms with Gasteiger partial charge in [0.25, 0.3) is 0 Å². The first-order valence-corrected chi connectivity index (χ1v) is 6.32. The third kappa shape index (κ3) is 2.90. The Kier molecular flexibility index (Phi) is 4.77. The van der Waals surface area contributed by atoms with Crippen molar-refractivity contribution >= 4 is 5.84 Å². The van der Waals surface area contributed by atoms with E-state index in [-0.39, 0.29) is 11.6 Å². The highest BCUT2D eigenvalue weighted by Gasteiger charge is 2.40. The van der Waals surface area contributed by atoms with Crippen molar-refractivity contribution in [3.05, 3.63) is 0 Å². The van der Waals surface area contributed by atoms with E-state index in [2.05, 4.69) is 43.0 Å². The molecule has 0 spiro atoms. The van der Waals surface area contributed by atoms with Gasteiger partial charge in [-0.3, -0.25) is 4.90 Å². The fourth-order valence-electron chi connectivity index (χ4n) is 2.72. The van der Waals surface area contributed by atoms with Crippen LogP contribution in [-0.4, -0.2) is 60.1 Å². The third-order valence-corrected chi connectivity index (χ3v) is 4.15. The Morgan fingerprint density at radius 1 is 1.41 bits per heavy atom. The maximum atomic E-state index is 8.79. The molecule has 5 nitrogen and oxygen atoms in total. The topological polar surface area (TPSA) is 65.1 Å². The van der Waals surface area contributed by atoms with Crippen molar-refractivity contribution in [2.24, 2.45) is 10.9 Å². The lowest BCUT2D eigenvalue weighted by Crippen LogP contribution is -2.59. The summed E-state index contributed by atoms with van der Waals surface area (Å²) in [5.74, 6) is 0.309. The first-order chi connectivity index (χ1) is 7.96. The summed E-state index contributed by atoms with van der Waals surface area (Å²) in [6, 6.07) is 0.0254. The molecule has 0 aromatic carbocycles. The summed E-state index contributed by atoms with van der Waals surface area (Å²) < 4.78 is 0. The molecule has 3 N–H and O–H groups in total. The molecular weight excluding hydrogens is 216 g/mol. The van der Waals surface area contributed by atoms with E-state index in [0.29, 0.717) is 5.84 Å². The predicted molar refractivity (Wildman–Crippen MR) is 70.4 cm³/mol. The number of oxime groups is 1. The molecule has 100 valence electrons. The van der Waals surface area contributed by atoms with Crippen LogP contribution in [0.5, 0.6) is 0 Å². The summed E-state index contributed by atoms with van der Waals surface area (Å²) in [5, 5.41) is 11.9. The lowest BCUT2D eigenvalue weighted by atomic mass is 9.75. The Bertz CT molecular complexity index is 274. The third-order valence-electron chi connectivity index (χ3n) is 4.15. The quantitative estimate of drug-likeness (QED) is 0.315. The van der Waals surface area contributed by atoms with Crippen LogP contribution in [0.2, 0.25) is 0 Å². The van der Waals surface area contributed by atoms with Crippen molar-refractivity contribution in [2.45, 2.75) is 44.2 Å². The van der Waals surface area contributed by atoms with Crippen LogP contribution in [0.3, 0.4) is 0 Å². The molecule has 5 heteroatoms. The van der Waals surface area contributed by atoms with Crippen molar-refractivity contribution in [3.63, 3.8) is 0 Å². The van der Waals surface area contributed by atoms with Crippen LogP contribution in [0.1, 0.15) is 32.6 Å². The van der Waals surface area contributed by atoms with Crippen LogP contribution in [-0.2, 0) is 0 Å². The molecular formula is C12H26N4O. The number of hydrogen-bond donors (Lipinski definition) is 2. The molecule has 0 radical (unpaired) electrons. The summed E-state index contributed by atoms with van der Waals surface area (Å²) in [4.78, 5) is 4.51. The van der Waals surface area contributed by atoms with Gasteiger partial charge >= 0.3 is 0 Å². The van der Waals surface area contributed by atoms with Gasteiger partial charge in [-0.25, -0.2) is 0 Å². The molecule has 1 saturated carbocycles. The van der Waals surface area contributed by atoms with E-state index in [1.807, 2.05) is 0 Å². The molecule has 1 unspecified atom stereocenters. The Morgan fingerprint density at radius 3 is 2.29 bits per heavy atom. The molecule has 1 rings (SSSR count). The summed E-state index contributed by atoms with van der Waals surface area (Å²) in [5.41, 5.74) is 6.00. The van der Waals surface area contributed by atoms with Gasteiger partial charge in [0.1, 0.15) is 0 Å². The van der Waals surface area contributed by atoms with Crippen LogP contribution >= 0.6 is 0 Å². The van der Waals surface area contributed by atoms with Gasteiger partial charge < -0.3 is 15.8 Å². The molecule has 1 aliphatic rings. The lowest BCUT2D eigenvalue weighted by Gasteiger charge is -2.50. The van der Waals surface area contributed by atoms with Gasteiger partial charge in [0.15, 0.2) is 5.84 Å². The summed E-state index contributed by atoms with van der Waals surface area (Å²) in [6.07, 6.45) is 4.62. The van der Waals surface area contributed by atoms with Crippen molar-refractivity contribution in [3.8, 4) is 0 Å². The minimum atomic E-state index is 0.0254. The van der Waals surface area contributed by atoms with Gasteiger partial charge in [0, 0.05) is 12.1 Å². The Labute approximate surface area is 104 Å². The summed E-state index contributed by atoms with van der Waals surface area (Å²) in [7, 11) is 6.32. The van der Waals surface area contributed by atoms with Gasteiger partial charge in [-0.1, -0.05) is 12.1 Å². The monoisotopic (exact) mass is 242 g/mol. The second kappa shape index (κ2) is 5.69. The van der Waals surface area contributed by atoms with Gasteiger partial charge in [-0.05, 0) is 46.8 Å². The molecule has 0 bridgehead atoms. The number of rotatable bonds is 6. The molecule has 0 heterocycles. The Balaban J connectivity index is 2.66. The van der Waals surface area contributed by atoms with E-state index in [0.717, 1.165) is 13.0 Å². The van der Waals surface area contributed by atoms with Crippen molar-refractivity contribution in [1.29, 1.82) is 0 Å². The average molecular weight is 242 g/mol.